The van der Waals surface area contributed by atoms with Crippen molar-refractivity contribution >= 4 is 35.6 Å². The van der Waals surface area contributed by atoms with Crippen molar-refractivity contribution in [3.8, 4) is 0 Å². The third-order valence-electron chi connectivity index (χ3n) is 4.00. The zero-order chi connectivity index (χ0) is 15.5. The topological polar surface area (TPSA) is 59.0 Å². The van der Waals surface area contributed by atoms with E-state index < -0.39 is 0 Å². The minimum atomic E-state index is -0.215. The Bertz CT molecular complexity index is 680. The average molecular weight is 355 g/mol. The standard InChI is InChI=1S/C16H19ClN4O.ClH/c1-11-13(17)5-2-6-14(11)19-16(22)15-7-9-21(20-15)12-4-3-8-18-10-12;/h2,5-7,9,12,18H,3-4,8,10H2,1H3,(H,19,22);1H. The molecule has 1 aliphatic heterocycles. The van der Waals surface area contributed by atoms with Gasteiger partial charge in [-0.05, 0) is 50.1 Å². The van der Waals surface area contributed by atoms with Gasteiger partial charge >= 0.3 is 0 Å². The number of benzene rings is 1. The Morgan fingerprint density at radius 2 is 2.26 bits per heavy atom. The van der Waals surface area contributed by atoms with Crippen LogP contribution in [0.3, 0.4) is 0 Å². The van der Waals surface area contributed by atoms with Crippen LogP contribution in [0.4, 0.5) is 5.69 Å². The first-order valence-electron chi connectivity index (χ1n) is 7.47. The maximum absolute atomic E-state index is 12.3. The van der Waals surface area contributed by atoms with Crippen molar-refractivity contribution in [1.29, 1.82) is 0 Å². The van der Waals surface area contributed by atoms with Gasteiger partial charge in [0, 0.05) is 23.5 Å². The van der Waals surface area contributed by atoms with Crippen LogP contribution in [0.15, 0.2) is 30.5 Å². The normalized spacial score (nSPS) is 17.4. The van der Waals surface area contributed by atoms with E-state index in [9.17, 15) is 4.79 Å². The second kappa shape index (κ2) is 7.81. The van der Waals surface area contributed by atoms with Crippen LogP contribution in [0.2, 0.25) is 5.02 Å². The van der Waals surface area contributed by atoms with Crippen molar-refractivity contribution < 1.29 is 4.79 Å². The first-order valence-corrected chi connectivity index (χ1v) is 7.85. The zero-order valence-corrected chi connectivity index (χ0v) is 14.5. The van der Waals surface area contributed by atoms with Gasteiger partial charge in [0.05, 0.1) is 6.04 Å². The van der Waals surface area contributed by atoms with E-state index in [1.165, 1.54) is 0 Å². The number of hydrogen-bond donors (Lipinski definition) is 2. The summed E-state index contributed by atoms with van der Waals surface area (Å²) in [4.78, 5) is 12.3. The number of anilines is 1. The highest BCUT2D eigenvalue weighted by molar-refractivity contribution is 6.31. The monoisotopic (exact) mass is 354 g/mol. The summed E-state index contributed by atoms with van der Waals surface area (Å²) in [6, 6.07) is 7.53. The summed E-state index contributed by atoms with van der Waals surface area (Å²) < 4.78 is 1.88. The lowest BCUT2D eigenvalue weighted by molar-refractivity contribution is 0.102. The van der Waals surface area contributed by atoms with Crippen molar-refractivity contribution in [3.63, 3.8) is 0 Å². The van der Waals surface area contributed by atoms with Gasteiger partial charge in [0.2, 0.25) is 0 Å². The van der Waals surface area contributed by atoms with Crippen LogP contribution in [0, 0.1) is 6.92 Å². The van der Waals surface area contributed by atoms with E-state index in [0.29, 0.717) is 22.4 Å². The largest absolute Gasteiger partial charge is 0.320 e. The van der Waals surface area contributed by atoms with Gasteiger partial charge in [0.15, 0.2) is 5.69 Å². The van der Waals surface area contributed by atoms with E-state index in [1.54, 1.807) is 12.1 Å². The second-order valence-electron chi connectivity index (χ2n) is 5.55. The second-order valence-corrected chi connectivity index (χ2v) is 5.95. The van der Waals surface area contributed by atoms with Crippen LogP contribution in [0.5, 0.6) is 0 Å². The molecule has 2 heterocycles. The van der Waals surface area contributed by atoms with Crippen LogP contribution < -0.4 is 10.6 Å². The van der Waals surface area contributed by atoms with E-state index in [4.69, 9.17) is 11.6 Å². The fourth-order valence-corrected chi connectivity index (χ4v) is 2.83. The average Bonchev–Trinajstić information content (AvgIpc) is 3.03. The van der Waals surface area contributed by atoms with Crippen LogP contribution in [0.25, 0.3) is 0 Å². The Morgan fingerprint density at radius 3 is 3.00 bits per heavy atom. The number of nitrogens with one attached hydrogen (secondary N) is 2. The minimum absolute atomic E-state index is 0. The van der Waals surface area contributed by atoms with Crippen molar-refractivity contribution in [2.45, 2.75) is 25.8 Å². The van der Waals surface area contributed by atoms with Gasteiger partial charge in [-0.15, -0.1) is 12.4 Å². The molecule has 0 saturated carbocycles. The van der Waals surface area contributed by atoms with E-state index in [0.717, 1.165) is 31.5 Å². The van der Waals surface area contributed by atoms with Gasteiger partial charge in [-0.2, -0.15) is 5.10 Å². The zero-order valence-electron chi connectivity index (χ0n) is 12.9. The SMILES string of the molecule is Cc1c(Cl)cccc1NC(=O)c1ccn(C2CCCNC2)n1.Cl. The van der Waals surface area contributed by atoms with Crippen molar-refractivity contribution in [3.05, 3.63) is 46.7 Å². The quantitative estimate of drug-likeness (QED) is 0.887. The third kappa shape index (κ3) is 4.05. The fourth-order valence-electron chi connectivity index (χ4n) is 2.65. The van der Waals surface area contributed by atoms with Gasteiger partial charge in [-0.3, -0.25) is 9.48 Å². The highest BCUT2D eigenvalue weighted by Crippen LogP contribution is 2.23. The molecule has 0 bridgehead atoms. The minimum Gasteiger partial charge on any atom is -0.320 e. The summed E-state index contributed by atoms with van der Waals surface area (Å²) in [5.74, 6) is -0.215. The number of carbonyl (C=O) groups excluding carboxylic acids is 1. The van der Waals surface area contributed by atoms with Crippen molar-refractivity contribution in [2.24, 2.45) is 0 Å². The Hall–Kier alpha value is -1.56. The van der Waals surface area contributed by atoms with Gasteiger partial charge in [-0.25, -0.2) is 0 Å². The van der Waals surface area contributed by atoms with Gasteiger partial charge in [0.25, 0.3) is 5.91 Å². The lowest BCUT2D eigenvalue weighted by atomic mass is 10.1. The molecule has 0 spiro atoms. The molecule has 0 radical (unpaired) electrons. The molecule has 124 valence electrons. The first-order chi connectivity index (χ1) is 10.6. The number of halogens is 2. The number of hydrogen-bond acceptors (Lipinski definition) is 3. The summed E-state index contributed by atoms with van der Waals surface area (Å²) in [5, 5.41) is 11.3. The Balaban J connectivity index is 0.00000192. The van der Waals surface area contributed by atoms with Crippen LogP contribution in [0.1, 0.15) is 34.9 Å². The van der Waals surface area contributed by atoms with E-state index >= 15 is 0 Å². The molecule has 0 aliphatic carbocycles. The molecule has 1 unspecified atom stereocenters. The molecule has 1 saturated heterocycles. The molecule has 1 aromatic carbocycles. The summed E-state index contributed by atoms with van der Waals surface area (Å²) in [6.45, 7) is 3.83. The van der Waals surface area contributed by atoms with E-state index in [1.807, 2.05) is 29.9 Å². The summed E-state index contributed by atoms with van der Waals surface area (Å²) in [6.07, 6.45) is 4.09. The number of amides is 1. The fraction of sp³-hybridized carbons (Fsp3) is 0.375. The highest BCUT2D eigenvalue weighted by atomic mass is 35.5. The van der Waals surface area contributed by atoms with Crippen molar-refractivity contribution in [1.82, 2.24) is 15.1 Å². The molecular weight excluding hydrogens is 335 g/mol. The Labute approximate surface area is 146 Å². The maximum atomic E-state index is 12.3. The molecule has 1 atom stereocenters. The Morgan fingerprint density at radius 1 is 1.43 bits per heavy atom. The smallest absolute Gasteiger partial charge is 0.276 e. The number of aromatic nitrogens is 2. The molecule has 2 aromatic rings. The van der Waals surface area contributed by atoms with Crippen LogP contribution in [-0.4, -0.2) is 28.8 Å². The summed E-state index contributed by atoms with van der Waals surface area (Å²) in [5.41, 5.74) is 1.99. The first kappa shape index (κ1) is 17.8. The summed E-state index contributed by atoms with van der Waals surface area (Å²) >= 11 is 6.07. The predicted molar refractivity (Wildman–Crippen MR) is 94.8 cm³/mol. The molecule has 1 fully saturated rings. The molecule has 2 N–H and O–H groups in total. The Kier molecular flexibility index (Phi) is 6.04. The maximum Gasteiger partial charge on any atom is 0.276 e. The van der Waals surface area contributed by atoms with Gasteiger partial charge in [0.1, 0.15) is 0 Å². The molecule has 1 amide bonds. The summed E-state index contributed by atoms with van der Waals surface area (Å²) in [7, 11) is 0. The van der Waals surface area contributed by atoms with Gasteiger partial charge < -0.3 is 10.6 Å². The third-order valence-corrected chi connectivity index (χ3v) is 4.41. The number of nitrogens with zero attached hydrogens (tertiary/aromatic N) is 2. The lowest BCUT2D eigenvalue weighted by Gasteiger charge is -2.22. The highest BCUT2D eigenvalue weighted by Gasteiger charge is 2.18. The lowest BCUT2D eigenvalue weighted by Crippen LogP contribution is -2.32. The van der Waals surface area contributed by atoms with E-state index in [-0.39, 0.29) is 18.3 Å². The van der Waals surface area contributed by atoms with E-state index in [2.05, 4.69) is 15.7 Å². The van der Waals surface area contributed by atoms with Crippen LogP contribution in [-0.2, 0) is 0 Å². The molecule has 7 heteroatoms. The molecule has 1 aromatic heterocycles. The molecule has 23 heavy (non-hydrogen) atoms. The number of piperidine rings is 1. The number of carbonyl (C=O) groups is 1. The molecule has 3 rings (SSSR count). The predicted octanol–water partition coefficient (Wildman–Crippen LogP) is 3.44. The number of rotatable bonds is 3. The molecule has 5 nitrogen and oxygen atoms in total. The molecular formula is C16H20Cl2N4O. The van der Waals surface area contributed by atoms with Crippen LogP contribution >= 0.6 is 24.0 Å². The molecule has 1 aliphatic rings. The van der Waals surface area contributed by atoms with Crippen molar-refractivity contribution in [2.75, 3.05) is 18.4 Å². The van der Waals surface area contributed by atoms with Gasteiger partial charge in [-0.1, -0.05) is 17.7 Å².